The average Bonchev–Trinajstić information content (AvgIpc) is 3.43. The Hall–Kier alpha value is -2.41. The average molecular weight is 436 g/mol. The molecule has 0 radical (unpaired) electrons. The first-order valence-electron chi connectivity index (χ1n) is 12.2. The third-order valence-electron chi connectivity index (χ3n) is 8.64. The predicted molar refractivity (Wildman–Crippen MR) is 121 cm³/mol. The summed E-state index contributed by atoms with van der Waals surface area (Å²) in [5, 5.41) is 11.0. The molecular formula is C25H33N5O2. The summed E-state index contributed by atoms with van der Waals surface area (Å²) in [6.45, 7) is 2.20. The van der Waals surface area contributed by atoms with Crippen molar-refractivity contribution in [3.63, 3.8) is 0 Å². The number of amides is 2. The van der Waals surface area contributed by atoms with Crippen molar-refractivity contribution in [3.05, 3.63) is 35.7 Å². The van der Waals surface area contributed by atoms with Crippen molar-refractivity contribution in [1.82, 2.24) is 25.1 Å². The van der Waals surface area contributed by atoms with Crippen LogP contribution in [-0.2, 0) is 0 Å². The number of nitrogens with zero attached hydrogens (tertiary/aromatic N) is 3. The molecule has 1 saturated heterocycles. The number of aromatic nitrogens is 2. The van der Waals surface area contributed by atoms with Crippen LogP contribution in [0.2, 0.25) is 0 Å². The highest BCUT2D eigenvalue weighted by molar-refractivity contribution is 6.02. The lowest BCUT2D eigenvalue weighted by Crippen LogP contribution is -2.51. The van der Waals surface area contributed by atoms with Gasteiger partial charge in [0.05, 0.1) is 11.1 Å². The Kier molecular flexibility index (Phi) is 4.79. The van der Waals surface area contributed by atoms with Crippen molar-refractivity contribution in [2.75, 3.05) is 26.7 Å². The van der Waals surface area contributed by atoms with Gasteiger partial charge in [-0.1, -0.05) is 0 Å². The van der Waals surface area contributed by atoms with Crippen LogP contribution >= 0.6 is 0 Å². The molecule has 4 bridgehead atoms. The first-order valence-corrected chi connectivity index (χ1v) is 12.2. The maximum absolute atomic E-state index is 13.2. The first-order chi connectivity index (χ1) is 15.5. The summed E-state index contributed by atoms with van der Waals surface area (Å²) in [6, 6.07) is 5.78. The summed E-state index contributed by atoms with van der Waals surface area (Å²) in [4.78, 5) is 28.0. The van der Waals surface area contributed by atoms with Crippen LogP contribution in [-0.4, -0.2) is 59.1 Å². The smallest absolute Gasteiger partial charge is 0.274 e. The zero-order chi connectivity index (χ0) is 21.9. The van der Waals surface area contributed by atoms with Crippen LogP contribution < -0.4 is 10.6 Å². The number of carbonyl (C=O) groups is 2. The Labute approximate surface area is 188 Å². The largest absolute Gasteiger partial charge is 0.351 e. The van der Waals surface area contributed by atoms with Gasteiger partial charge in [-0.05, 0) is 93.4 Å². The van der Waals surface area contributed by atoms with Crippen LogP contribution in [0.5, 0.6) is 0 Å². The van der Waals surface area contributed by atoms with Gasteiger partial charge in [-0.2, -0.15) is 5.10 Å². The second-order valence-corrected chi connectivity index (χ2v) is 10.9. The van der Waals surface area contributed by atoms with Gasteiger partial charge in [-0.15, -0.1) is 0 Å². The molecule has 0 spiro atoms. The molecule has 4 saturated carbocycles. The van der Waals surface area contributed by atoms with Crippen LogP contribution in [0, 0.1) is 23.2 Å². The van der Waals surface area contributed by atoms with E-state index in [4.69, 9.17) is 0 Å². The van der Waals surface area contributed by atoms with E-state index >= 15 is 0 Å². The number of likely N-dealkylation sites (N-methyl/N-ethyl adjacent to an activating group) is 1. The number of hydrogen-bond donors (Lipinski definition) is 2. The van der Waals surface area contributed by atoms with Gasteiger partial charge in [-0.3, -0.25) is 9.59 Å². The molecule has 7 nitrogen and oxygen atoms in total. The third-order valence-corrected chi connectivity index (χ3v) is 8.64. The lowest BCUT2D eigenvalue weighted by molar-refractivity contribution is -0.0503. The Balaban J connectivity index is 1.19. The fourth-order valence-electron chi connectivity index (χ4n) is 7.52. The van der Waals surface area contributed by atoms with Gasteiger partial charge in [0.2, 0.25) is 0 Å². The Morgan fingerprint density at radius 3 is 2.53 bits per heavy atom. The zero-order valence-corrected chi connectivity index (χ0v) is 18.8. The number of fused-ring (bicyclic) bond motifs is 1. The van der Waals surface area contributed by atoms with E-state index in [2.05, 4.69) is 15.7 Å². The molecule has 7 heteroatoms. The predicted octanol–water partition coefficient (Wildman–Crippen LogP) is 2.71. The lowest BCUT2D eigenvalue weighted by Gasteiger charge is -2.56. The topological polar surface area (TPSA) is 78.7 Å². The number of likely N-dealkylation sites (tertiary alicyclic amines) is 1. The van der Waals surface area contributed by atoms with Crippen LogP contribution in [0.15, 0.2) is 24.4 Å². The van der Waals surface area contributed by atoms with E-state index < -0.39 is 0 Å². The lowest BCUT2D eigenvalue weighted by atomic mass is 9.49. The van der Waals surface area contributed by atoms with Crippen molar-refractivity contribution in [2.24, 2.45) is 23.2 Å². The van der Waals surface area contributed by atoms with Crippen LogP contribution in [0.1, 0.15) is 65.8 Å². The molecule has 1 atom stereocenters. The van der Waals surface area contributed by atoms with E-state index in [9.17, 15) is 9.59 Å². The van der Waals surface area contributed by atoms with E-state index in [-0.39, 0.29) is 11.8 Å². The SMILES string of the molecule is CN[C@@H]1CCN(C(=O)c2cc3c(C(=O)NCC45CC6CC(CC(C6)C4)C5)cccn3n2)C1. The van der Waals surface area contributed by atoms with E-state index in [1.807, 2.05) is 30.3 Å². The van der Waals surface area contributed by atoms with Gasteiger partial charge in [0, 0.05) is 31.9 Å². The van der Waals surface area contributed by atoms with Crippen molar-refractivity contribution >= 4 is 17.3 Å². The summed E-state index contributed by atoms with van der Waals surface area (Å²) in [5.74, 6) is 2.50. The van der Waals surface area contributed by atoms with E-state index in [0.29, 0.717) is 34.8 Å². The van der Waals surface area contributed by atoms with E-state index in [1.54, 1.807) is 10.6 Å². The molecule has 170 valence electrons. The number of pyridine rings is 1. The fraction of sp³-hybridized carbons (Fsp3) is 0.640. The molecule has 5 aliphatic rings. The quantitative estimate of drug-likeness (QED) is 0.757. The van der Waals surface area contributed by atoms with Gasteiger partial charge in [0.1, 0.15) is 0 Å². The highest BCUT2D eigenvalue weighted by atomic mass is 16.2. The summed E-state index contributed by atoms with van der Waals surface area (Å²) in [6.07, 6.45) is 10.8. The fourth-order valence-corrected chi connectivity index (χ4v) is 7.52. The minimum Gasteiger partial charge on any atom is -0.351 e. The Morgan fingerprint density at radius 1 is 1.16 bits per heavy atom. The summed E-state index contributed by atoms with van der Waals surface area (Å²) >= 11 is 0. The summed E-state index contributed by atoms with van der Waals surface area (Å²) in [5.41, 5.74) is 2.00. The van der Waals surface area contributed by atoms with Gasteiger partial charge < -0.3 is 15.5 Å². The van der Waals surface area contributed by atoms with Crippen LogP contribution in [0.25, 0.3) is 5.52 Å². The molecule has 32 heavy (non-hydrogen) atoms. The minimum atomic E-state index is -0.0635. The molecule has 5 fully saturated rings. The normalized spacial score (nSPS) is 33.2. The van der Waals surface area contributed by atoms with Gasteiger partial charge >= 0.3 is 0 Å². The van der Waals surface area contributed by atoms with Gasteiger partial charge in [-0.25, -0.2) is 4.52 Å². The van der Waals surface area contributed by atoms with Crippen molar-refractivity contribution in [3.8, 4) is 0 Å². The molecule has 2 aromatic heterocycles. The van der Waals surface area contributed by atoms with Gasteiger partial charge in [0.15, 0.2) is 5.69 Å². The molecule has 2 aromatic rings. The van der Waals surface area contributed by atoms with Gasteiger partial charge in [0.25, 0.3) is 11.8 Å². The maximum Gasteiger partial charge on any atom is 0.274 e. The molecular weight excluding hydrogens is 402 g/mol. The Morgan fingerprint density at radius 2 is 1.88 bits per heavy atom. The van der Waals surface area contributed by atoms with Crippen molar-refractivity contribution in [2.45, 2.75) is 51.0 Å². The van der Waals surface area contributed by atoms with E-state index in [0.717, 1.165) is 37.3 Å². The highest BCUT2D eigenvalue weighted by Crippen LogP contribution is 2.59. The van der Waals surface area contributed by atoms with Crippen LogP contribution in [0.4, 0.5) is 0 Å². The molecule has 2 N–H and O–H groups in total. The number of nitrogens with one attached hydrogen (secondary N) is 2. The number of rotatable bonds is 5. The monoisotopic (exact) mass is 435 g/mol. The zero-order valence-electron chi connectivity index (χ0n) is 18.8. The minimum absolute atomic E-state index is 0.0540. The van der Waals surface area contributed by atoms with E-state index in [1.165, 1.54) is 38.5 Å². The second-order valence-electron chi connectivity index (χ2n) is 10.9. The molecule has 1 aliphatic heterocycles. The first kappa shape index (κ1) is 20.2. The number of hydrogen-bond acceptors (Lipinski definition) is 4. The molecule has 0 aromatic carbocycles. The Bertz CT molecular complexity index is 1020. The maximum atomic E-state index is 13.2. The molecule has 4 aliphatic carbocycles. The number of carbonyl (C=O) groups excluding carboxylic acids is 2. The second kappa shape index (κ2) is 7.58. The highest BCUT2D eigenvalue weighted by Gasteiger charge is 2.50. The molecule has 3 heterocycles. The van der Waals surface area contributed by atoms with Crippen molar-refractivity contribution < 1.29 is 9.59 Å². The molecule has 2 amide bonds. The molecule has 7 rings (SSSR count). The standard InChI is InChI=1S/C25H33N5O2/c1-26-19-4-6-29(14-19)24(32)21-10-22-20(3-2-5-30(22)28-21)23(31)27-15-25-11-16-7-17(12-25)9-18(8-16)13-25/h2-3,5,10,16-19,26H,4,6-9,11-15H2,1H3,(H,27,31)/t16?,17?,18?,19-,25?/m1/s1. The van der Waals surface area contributed by atoms with Crippen LogP contribution in [0.3, 0.4) is 0 Å². The van der Waals surface area contributed by atoms with Crippen molar-refractivity contribution in [1.29, 1.82) is 0 Å². The molecule has 0 unspecified atom stereocenters. The third kappa shape index (κ3) is 3.41. The summed E-state index contributed by atoms with van der Waals surface area (Å²) < 4.78 is 1.67. The summed E-state index contributed by atoms with van der Waals surface area (Å²) in [7, 11) is 1.93.